The van der Waals surface area contributed by atoms with Crippen molar-refractivity contribution in [1.82, 2.24) is 9.88 Å². The van der Waals surface area contributed by atoms with E-state index in [0.717, 1.165) is 33.7 Å². The van der Waals surface area contributed by atoms with Gasteiger partial charge in [-0.2, -0.15) is 0 Å². The van der Waals surface area contributed by atoms with Crippen molar-refractivity contribution in [3.05, 3.63) is 65.9 Å². The van der Waals surface area contributed by atoms with Crippen molar-refractivity contribution in [2.45, 2.75) is 18.9 Å². The summed E-state index contributed by atoms with van der Waals surface area (Å²) in [6.07, 6.45) is 1.23. The lowest BCUT2D eigenvalue weighted by Gasteiger charge is -2.37. The van der Waals surface area contributed by atoms with Gasteiger partial charge in [0.25, 0.3) is 0 Å². The quantitative estimate of drug-likeness (QED) is 0.663. The lowest BCUT2D eigenvalue weighted by Crippen LogP contribution is -2.39. The molecular formula is C24H26N2O4. The molecular weight excluding hydrogens is 380 g/mol. The number of ether oxygens (including phenoxy) is 2. The monoisotopic (exact) mass is 406 g/mol. The van der Waals surface area contributed by atoms with Gasteiger partial charge in [0.15, 0.2) is 0 Å². The van der Waals surface area contributed by atoms with Crippen LogP contribution in [0.4, 0.5) is 0 Å². The molecule has 1 N–H and O–H groups in total. The van der Waals surface area contributed by atoms with Crippen molar-refractivity contribution in [2.75, 3.05) is 27.3 Å². The third-order valence-corrected chi connectivity index (χ3v) is 5.88. The number of fused-ring (bicyclic) bond motifs is 1. The van der Waals surface area contributed by atoms with E-state index < -0.39 is 5.97 Å². The summed E-state index contributed by atoms with van der Waals surface area (Å²) in [4.78, 5) is 18.7. The number of benzene rings is 2. The van der Waals surface area contributed by atoms with Gasteiger partial charge < -0.3 is 14.6 Å². The molecule has 0 radical (unpaired) electrons. The number of pyridine rings is 1. The van der Waals surface area contributed by atoms with E-state index in [2.05, 4.69) is 17.0 Å². The molecule has 30 heavy (non-hydrogen) atoms. The van der Waals surface area contributed by atoms with Gasteiger partial charge >= 0.3 is 5.97 Å². The van der Waals surface area contributed by atoms with Crippen molar-refractivity contribution in [3.63, 3.8) is 0 Å². The van der Waals surface area contributed by atoms with Crippen LogP contribution < -0.4 is 9.47 Å². The van der Waals surface area contributed by atoms with Crippen molar-refractivity contribution in [2.24, 2.45) is 5.92 Å². The molecule has 1 saturated heterocycles. The van der Waals surface area contributed by atoms with E-state index in [-0.39, 0.29) is 12.0 Å². The molecule has 1 aliphatic heterocycles. The predicted octanol–water partition coefficient (Wildman–Crippen LogP) is 4.14. The smallest absolute Gasteiger partial charge is 0.306 e. The molecule has 6 heteroatoms. The first kappa shape index (κ1) is 20.2. The van der Waals surface area contributed by atoms with E-state index in [9.17, 15) is 9.90 Å². The fraction of sp³-hybridized carbons (Fsp3) is 0.333. The van der Waals surface area contributed by atoms with E-state index in [1.54, 1.807) is 14.2 Å². The van der Waals surface area contributed by atoms with Gasteiger partial charge in [-0.1, -0.05) is 24.3 Å². The third-order valence-electron chi connectivity index (χ3n) is 5.88. The first-order valence-electron chi connectivity index (χ1n) is 10.1. The number of aromatic nitrogens is 1. The Kier molecular flexibility index (Phi) is 5.86. The number of hydrogen-bond donors (Lipinski definition) is 1. The molecule has 1 aliphatic rings. The second-order valence-corrected chi connectivity index (χ2v) is 7.59. The SMILES string of the molecule is COc1ccc(OC)c(C(c2ccc3ccccc3n2)N2CCC(C(=O)O)CC2)c1. The number of nitrogens with zero attached hydrogens (tertiary/aromatic N) is 2. The van der Waals surface area contributed by atoms with Crippen LogP contribution in [0.15, 0.2) is 54.6 Å². The molecule has 3 aromatic rings. The second kappa shape index (κ2) is 8.71. The number of para-hydroxylation sites is 1. The Labute approximate surface area is 176 Å². The summed E-state index contributed by atoms with van der Waals surface area (Å²) in [6, 6.07) is 17.8. The van der Waals surface area contributed by atoms with E-state index in [4.69, 9.17) is 14.5 Å². The zero-order valence-corrected chi connectivity index (χ0v) is 17.2. The summed E-state index contributed by atoms with van der Waals surface area (Å²) < 4.78 is 11.2. The van der Waals surface area contributed by atoms with Crippen LogP contribution in [0.25, 0.3) is 10.9 Å². The predicted molar refractivity (Wildman–Crippen MR) is 115 cm³/mol. The summed E-state index contributed by atoms with van der Waals surface area (Å²) in [6.45, 7) is 1.35. The number of piperidine rings is 1. The molecule has 1 aromatic heterocycles. The minimum atomic E-state index is -0.714. The van der Waals surface area contributed by atoms with Crippen molar-refractivity contribution in [3.8, 4) is 11.5 Å². The maximum Gasteiger partial charge on any atom is 0.306 e. The van der Waals surface area contributed by atoms with Crippen LogP contribution in [-0.2, 0) is 4.79 Å². The Morgan fingerprint density at radius 2 is 1.83 bits per heavy atom. The van der Waals surface area contributed by atoms with Gasteiger partial charge in [-0.25, -0.2) is 0 Å². The Bertz CT molecular complexity index is 1040. The highest BCUT2D eigenvalue weighted by atomic mass is 16.5. The molecule has 0 amide bonds. The molecule has 0 saturated carbocycles. The molecule has 2 aromatic carbocycles. The first-order valence-corrected chi connectivity index (χ1v) is 10.1. The van der Waals surface area contributed by atoms with Crippen LogP contribution in [0.5, 0.6) is 11.5 Å². The van der Waals surface area contributed by atoms with Crippen LogP contribution in [0, 0.1) is 5.92 Å². The number of rotatable bonds is 6. The van der Waals surface area contributed by atoms with Gasteiger partial charge in [-0.05, 0) is 56.3 Å². The highest BCUT2D eigenvalue weighted by Gasteiger charge is 2.32. The Morgan fingerprint density at radius 1 is 1.07 bits per heavy atom. The molecule has 1 atom stereocenters. The number of aliphatic carboxylic acids is 1. The van der Waals surface area contributed by atoms with Crippen LogP contribution in [0.2, 0.25) is 0 Å². The number of likely N-dealkylation sites (tertiary alicyclic amines) is 1. The van der Waals surface area contributed by atoms with Gasteiger partial charge in [0.2, 0.25) is 0 Å². The minimum Gasteiger partial charge on any atom is -0.497 e. The van der Waals surface area contributed by atoms with Gasteiger partial charge in [-0.3, -0.25) is 14.7 Å². The number of carboxylic acids is 1. The van der Waals surface area contributed by atoms with Gasteiger partial charge in [0.1, 0.15) is 11.5 Å². The Hall–Kier alpha value is -3.12. The van der Waals surface area contributed by atoms with Crippen LogP contribution >= 0.6 is 0 Å². The molecule has 0 aliphatic carbocycles. The van der Waals surface area contributed by atoms with Crippen LogP contribution in [0.1, 0.15) is 30.1 Å². The second-order valence-electron chi connectivity index (χ2n) is 7.59. The lowest BCUT2D eigenvalue weighted by molar-refractivity contribution is -0.143. The Balaban J connectivity index is 1.80. The maximum atomic E-state index is 11.4. The fourth-order valence-electron chi connectivity index (χ4n) is 4.23. The largest absolute Gasteiger partial charge is 0.497 e. The molecule has 156 valence electrons. The van der Waals surface area contributed by atoms with Gasteiger partial charge in [0, 0.05) is 10.9 Å². The standard InChI is InChI=1S/C24H26N2O4/c1-29-18-8-10-22(30-2)19(15-18)23(26-13-11-17(12-14-26)24(27)28)21-9-7-16-5-3-4-6-20(16)25-21/h3-10,15,17,23H,11-14H2,1-2H3,(H,27,28). The number of methoxy groups -OCH3 is 2. The van der Waals surface area contributed by atoms with Gasteiger partial charge in [0.05, 0.1) is 37.4 Å². The summed E-state index contributed by atoms with van der Waals surface area (Å²) in [5.41, 5.74) is 2.81. The molecule has 6 nitrogen and oxygen atoms in total. The fourth-order valence-corrected chi connectivity index (χ4v) is 4.23. The molecule has 4 rings (SSSR count). The molecule has 0 spiro atoms. The average molecular weight is 406 g/mol. The van der Waals surface area contributed by atoms with Crippen LogP contribution in [0.3, 0.4) is 0 Å². The van der Waals surface area contributed by atoms with E-state index in [1.807, 2.05) is 42.5 Å². The summed E-state index contributed by atoms with van der Waals surface area (Å²) in [5, 5.41) is 10.5. The summed E-state index contributed by atoms with van der Waals surface area (Å²) in [5.74, 6) is 0.501. The number of carboxylic acid groups (broad SMARTS) is 1. The zero-order valence-electron chi connectivity index (χ0n) is 17.2. The molecule has 0 bridgehead atoms. The maximum absolute atomic E-state index is 11.4. The van der Waals surface area contributed by atoms with E-state index in [1.165, 1.54) is 0 Å². The number of hydrogen-bond acceptors (Lipinski definition) is 5. The normalized spacial score (nSPS) is 16.3. The number of carbonyl (C=O) groups is 1. The third kappa shape index (κ3) is 3.96. The Morgan fingerprint density at radius 3 is 2.53 bits per heavy atom. The molecule has 1 unspecified atom stereocenters. The van der Waals surface area contributed by atoms with Crippen LogP contribution in [-0.4, -0.2) is 48.3 Å². The zero-order chi connectivity index (χ0) is 21.1. The van der Waals surface area contributed by atoms with Crippen molar-refractivity contribution in [1.29, 1.82) is 0 Å². The summed E-state index contributed by atoms with van der Waals surface area (Å²) in [7, 11) is 3.31. The highest BCUT2D eigenvalue weighted by molar-refractivity contribution is 5.78. The van der Waals surface area contributed by atoms with E-state index >= 15 is 0 Å². The molecule has 2 heterocycles. The van der Waals surface area contributed by atoms with Crippen molar-refractivity contribution < 1.29 is 19.4 Å². The highest BCUT2D eigenvalue weighted by Crippen LogP contribution is 2.38. The topological polar surface area (TPSA) is 71.9 Å². The van der Waals surface area contributed by atoms with E-state index in [0.29, 0.717) is 25.9 Å². The van der Waals surface area contributed by atoms with Crippen molar-refractivity contribution >= 4 is 16.9 Å². The van der Waals surface area contributed by atoms with Gasteiger partial charge in [-0.15, -0.1) is 0 Å². The first-order chi connectivity index (χ1) is 14.6. The minimum absolute atomic E-state index is 0.158. The average Bonchev–Trinajstić information content (AvgIpc) is 2.79. The summed E-state index contributed by atoms with van der Waals surface area (Å²) >= 11 is 0. The lowest BCUT2D eigenvalue weighted by atomic mass is 9.92. The molecule has 1 fully saturated rings.